The molecule has 2 fully saturated rings. The molecule has 0 aromatic carbocycles. The van der Waals surface area contributed by atoms with Gasteiger partial charge >= 0.3 is 12.1 Å². The van der Waals surface area contributed by atoms with E-state index in [-0.39, 0.29) is 0 Å². The highest BCUT2D eigenvalue weighted by Crippen LogP contribution is 2.35. The molecule has 0 unspecified atom stereocenters. The largest absolute Gasteiger partial charge is 0.490 e. The third-order valence-electron chi connectivity index (χ3n) is 3.13. The lowest BCUT2D eigenvalue weighted by Crippen LogP contribution is -2.71. The van der Waals surface area contributed by atoms with Gasteiger partial charge < -0.3 is 15.3 Å². The molecule has 2 aliphatic rings. The van der Waals surface area contributed by atoms with Crippen molar-refractivity contribution in [2.24, 2.45) is 5.41 Å². The number of nitrogens with one attached hydrogen (secondary N) is 1. The molecular formula is C11H13F3N4O2. The summed E-state index contributed by atoms with van der Waals surface area (Å²) >= 11 is 0. The molecule has 3 heterocycles. The molecule has 2 N–H and O–H groups in total. The summed E-state index contributed by atoms with van der Waals surface area (Å²) in [5.41, 5.74) is 0.555. The smallest absolute Gasteiger partial charge is 0.475 e. The molecule has 3 rings (SSSR count). The zero-order valence-electron chi connectivity index (χ0n) is 10.4. The first-order chi connectivity index (χ1) is 9.32. The molecule has 1 aromatic heterocycles. The fraction of sp³-hybridized carbons (Fsp3) is 0.545. The van der Waals surface area contributed by atoms with Crippen molar-refractivity contribution in [3.05, 3.63) is 18.5 Å². The molecule has 1 spiro atoms. The number of hydrogen-bond donors (Lipinski definition) is 2. The first-order valence-electron chi connectivity index (χ1n) is 5.85. The standard InChI is InChI=1S/C9H12N4.C2HF3O2/c1-2-11-8(12-3-1)13-6-9(7-13)4-10-5-9;3-2(4,5)1(6)7/h1-3,10H,4-7H2;(H,6,7). The highest BCUT2D eigenvalue weighted by atomic mass is 19.4. The average molecular weight is 290 g/mol. The van der Waals surface area contributed by atoms with Gasteiger partial charge in [0.1, 0.15) is 0 Å². The zero-order valence-corrected chi connectivity index (χ0v) is 10.4. The van der Waals surface area contributed by atoms with Gasteiger partial charge in [0, 0.05) is 44.0 Å². The van der Waals surface area contributed by atoms with Gasteiger partial charge in [-0.2, -0.15) is 13.2 Å². The molecule has 0 saturated carbocycles. The number of rotatable bonds is 1. The lowest BCUT2D eigenvalue weighted by atomic mass is 9.75. The van der Waals surface area contributed by atoms with E-state index in [2.05, 4.69) is 20.2 Å². The highest BCUT2D eigenvalue weighted by Gasteiger charge is 2.48. The third kappa shape index (κ3) is 3.16. The van der Waals surface area contributed by atoms with Crippen molar-refractivity contribution >= 4 is 11.9 Å². The number of aromatic nitrogens is 2. The van der Waals surface area contributed by atoms with Crippen LogP contribution >= 0.6 is 0 Å². The summed E-state index contributed by atoms with van der Waals surface area (Å²) in [5.74, 6) is -1.88. The Morgan fingerprint density at radius 3 is 2.15 bits per heavy atom. The van der Waals surface area contributed by atoms with Crippen LogP contribution in [0.2, 0.25) is 0 Å². The van der Waals surface area contributed by atoms with Gasteiger partial charge in [-0.15, -0.1) is 0 Å². The number of halogens is 3. The summed E-state index contributed by atoms with van der Waals surface area (Å²) in [6, 6.07) is 1.85. The van der Waals surface area contributed by atoms with Crippen LogP contribution in [0.25, 0.3) is 0 Å². The minimum atomic E-state index is -5.08. The minimum Gasteiger partial charge on any atom is -0.475 e. The van der Waals surface area contributed by atoms with E-state index in [9.17, 15) is 13.2 Å². The molecule has 20 heavy (non-hydrogen) atoms. The molecule has 110 valence electrons. The summed E-state index contributed by atoms with van der Waals surface area (Å²) in [6.07, 6.45) is -1.49. The number of carboxylic acids is 1. The predicted octanol–water partition coefficient (Wildman–Crippen LogP) is 0.519. The molecule has 0 aliphatic carbocycles. The summed E-state index contributed by atoms with van der Waals surface area (Å²) in [6.45, 7) is 4.56. The molecule has 0 radical (unpaired) electrons. The van der Waals surface area contributed by atoms with Crippen LogP contribution in [0, 0.1) is 5.41 Å². The molecule has 2 aliphatic heterocycles. The van der Waals surface area contributed by atoms with E-state index in [0.29, 0.717) is 5.41 Å². The van der Waals surface area contributed by atoms with Gasteiger partial charge in [0.2, 0.25) is 5.95 Å². The van der Waals surface area contributed by atoms with Crippen LogP contribution in [0.3, 0.4) is 0 Å². The second-order valence-corrected chi connectivity index (χ2v) is 4.81. The van der Waals surface area contributed by atoms with Gasteiger partial charge in [-0.1, -0.05) is 0 Å². The van der Waals surface area contributed by atoms with E-state index in [1.54, 1.807) is 12.4 Å². The van der Waals surface area contributed by atoms with Crippen LogP contribution in [0.4, 0.5) is 19.1 Å². The van der Waals surface area contributed by atoms with Crippen LogP contribution < -0.4 is 10.2 Å². The maximum atomic E-state index is 10.6. The fourth-order valence-corrected chi connectivity index (χ4v) is 2.06. The maximum absolute atomic E-state index is 10.6. The summed E-state index contributed by atoms with van der Waals surface area (Å²) in [5, 5.41) is 10.4. The number of hydrogen-bond acceptors (Lipinski definition) is 5. The molecular weight excluding hydrogens is 277 g/mol. The number of alkyl halides is 3. The van der Waals surface area contributed by atoms with Crippen LogP contribution in [0.15, 0.2) is 18.5 Å². The number of anilines is 1. The Hall–Kier alpha value is -1.90. The molecule has 1 aromatic rings. The van der Waals surface area contributed by atoms with E-state index < -0.39 is 12.1 Å². The Morgan fingerprint density at radius 2 is 1.80 bits per heavy atom. The zero-order chi connectivity index (χ0) is 14.8. The Kier molecular flexibility index (Phi) is 3.80. The first kappa shape index (κ1) is 14.5. The monoisotopic (exact) mass is 290 g/mol. The van der Waals surface area contributed by atoms with Crippen LogP contribution in [0.5, 0.6) is 0 Å². The molecule has 2 saturated heterocycles. The topological polar surface area (TPSA) is 78.3 Å². The van der Waals surface area contributed by atoms with E-state index in [1.165, 1.54) is 0 Å². The Labute approximate surface area is 112 Å². The minimum absolute atomic E-state index is 0.555. The van der Waals surface area contributed by atoms with Crippen molar-refractivity contribution in [3.63, 3.8) is 0 Å². The summed E-state index contributed by atoms with van der Waals surface area (Å²) in [7, 11) is 0. The van der Waals surface area contributed by atoms with Gasteiger partial charge in [-0.25, -0.2) is 14.8 Å². The highest BCUT2D eigenvalue weighted by molar-refractivity contribution is 5.73. The van der Waals surface area contributed by atoms with Crippen molar-refractivity contribution in [2.75, 3.05) is 31.1 Å². The van der Waals surface area contributed by atoms with E-state index in [0.717, 1.165) is 32.1 Å². The molecule has 9 heteroatoms. The van der Waals surface area contributed by atoms with Crippen molar-refractivity contribution in [3.8, 4) is 0 Å². The van der Waals surface area contributed by atoms with E-state index in [4.69, 9.17) is 9.90 Å². The molecule has 0 atom stereocenters. The first-order valence-corrected chi connectivity index (χ1v) is 5.85. The fourth-order valence-electron chi connectivity index (χ4n) is 2.06. The van der Waals surface area contributed by atoms with E-state index >= 15 is 0 Å². The molecule has 6 nitrogen and oxygen atoms in total. The van der Waals surface area contributed by atoms with Crippen LogP contribution in [-0.4, -0.2) is 53.4 Å². The molecule has 0 bridgehead atoms. The number of carbonyl (C=O) groups is 1. The number of nitrogens with zero attached hydrogens (tertiary/aromatic N) is 3. The molecule has 0 amide bonds. The summed E-state index contributed by atoms with van der Waals surface area (Å²) < 4.78 is 31.7. The van der Waals surface area contributed by atoms with Crippen molar-refractivity contribution in [2.45, 2.75) is 6.18 Å². The van der Waals surface area contributed by atoms with Crippen molar-refractivity contribution in [1.29, 1.82) is 0 Å². The quantitative estimate of drug-likeness (QED) is 0.785. The van der Waals surface area contributed by atoms with Crippen LogP contribution in [-0.2, 0) is 4.79 Å². The Bertz CT molecular complexity index is 468. The Balaban J connectivity index is 0.000000182. The second-order valence-electron chi connectivity index (χ2n) is 4.81. The summed E-state index contributed by atoms with van der Waals surface area (Å²) in [4.78, 5) is 19.6. The second kappa shape index (κ2) is 5.23. The van der Waals surface area contributed by atoms with Gasteiger partial charge in [0.05, 0.1) is 0 Å². The van der Waals surface area contributed by atoms with Gasteiger partial charge in [0.25, 0.3) is 0 Å². The Morgan fingerprint density at radius 1 is 1.30 bits per heavy atom. The number of carboxylic acid groups (broad SMARTS) is 1. The average Bonchev–Trinajstić information content (AvgIpc) is 2.26. The number of aliphatic carboxylic acids is 1. The van der Waals surface area contributed by atoms with Crippen LogP contribution in [0.1, 0.15) is 0 Å². The normalized spacial score (nSPS) is 19.4. The van der Waals surface area contributed by atoms with Gasteiger partial charge in [-0.05, 0) is 6.07 Å². The van der Waals surface area contributed by atoms with Gasteiger partial charge in [-0.3, -0.25) is 0 Å². The maximum Gasteiger partial charge on any atom is 0.490 e. The SMILES string of the molecule is O=C(O)C(F)(F)F.c1cnc(N2CC3(CNC3)C2)nc1. The van der Waals surface area contributed by atoms with Crippen molar-refractivity contribution in [1.82, 2.24) is 15.3 Å². The third-order valence-corrected chi connectivity index (χ3v) is 3.13. The lowest BCUT2D eigenvalue weighted by molar-refractivity contribution is -0.192. The predicted molar refractivity (Wildman–Crippen MR) is 63.2 cm³/mol. The van der Waals surface area contributed by atoms with Gasteiger partial charge in [0.15, 0.2) is 0 Å². The lowest BCUT2D eigenvalue weighted by Gasteiger charge is -2.55. The van der Waals surface area contributed by atoms with Crippen molar-refractivity contribution < 1.29 is 23.1 Å². The van der Waals surface area contributed by atoms with E-state index in [1.807, 2.05) is 6.07 Å².